The first-order valence-corrected chi connectivity index (χ1v) is 8.39. The Morgan fingerprint density at radius 2 is 2.00 bits per heavy atom. The summed E-state index contributed by atoms with van der Waals surface area (Å²) in [6.45, 7) is 0.326. The van der Waals surface area contributed by atoms with Crippen LogP contribution in [0.5, 0.6) is 0 Å². The lowest BCUT2D eigenvalue weighted by Crippen LogP contribution is -2.24. The van der Waals surface area contributed by atoms with Gasteiger partial charge in [0.25, 0.3) is 5.22 Å². The average Bonchev–Trinajstić information content (AvgIpc) is 2.83. The number of nitrogens with one attached hydrogen (secondary N) is 1. The second-order valence-electron chi connectivity index (χ2n) is 3.75. The Morgan fingerprint density at radius 1 is 1.26 bits per heavy atom. The number of hydrogen-bond donors (Lipinski definition) is 1. The zero-order chi connectivity index (χ0) is 13.7. The normalized spacial score (nSPS) is 11.6. The van der Waals surface area contributed by atoms with E-state index in [0.717, 1.165) is 11.8 Å². The van der Waals surface area contributed by atoms with E-state index in [2.05, 4.69) is 14.9 Å². The number of sulfonamides is 1. The molecule has 0 atom stereocenters. The summed E-state index contributed by atoms with van der Waals surface area (Å²) >= 11 is 1.31. The lowest BCUT2D eigenvalue weighted by atomic mass is 10.2. The summed E-state index contributed by atoms with van der Waals surface area (Å²) in [4.78, 5) is 0. The molecule has 0 aliphatic rings. The molecule has 8 heteroatoms. The van der Waals surface area contributed by atoms with Crippen molar-refractivity contribution in [1.82, 2.24) is 14.9 Å². The molecule has 2 aromatic rings. The SMILES string of the molecule is CS(=O)(=O)NCCSc1nnc(-c2ccccc2)o1. The van der Waals surface area contributed by atoms with Gasteiger partial charge in [-0.25, -0.2) is 13.1 Å². The Hall–Kier alpha value is -1.38. The van der Waals surface area contributed by atoms with Gasteiger partial charge in [0.05, 0.1) is 6.26 Å². The molecule has 6 nitrogen and oxygen atoms in total. The molecule has 0 saturated carbocycles. The molecule has 102 valence electrons. The van der Waals surface area contributed by atoms with Crippen molar-refractivity contribution in [3.8, 4) is 11.5 Å². The minimum absolute atomic E-state index is 0.326. The van der Waals surface area contributed by atoms with Crippen molar-refractivity contribution in [2.24, 2.45) is 0 Å². The average molecular weight is 299 g/mol. The lowest BCUT2D eigenvalue weighted by Gasteiger charge is -1.99. The van der Waals surface area contributed by atoms with Gasteiger partial charge in [-0.3, -0.25) is 0 Å². The molecule has 1 N–H and O–H groups in total. The molecule has 19 heavy (non-hydrogen) atoms. The fraction of sp³-hybridized carbons (Fsp3) is 0.273. The molecule has 1 heterocycles. The summed E-state index contributed by atoms with van der Waals surface area (Å²) in [6.07, 6.45) is 1.12. The third-order valence-corrected chi connectivity index (χ3v) is 3.67. The van der Waals surface area contributed by atoms with Gasteiger partial charge in [0.15, 0.2) is 0 Å². The molecule has 1 aromatic heterocycles. The first kappa shape index (κ1) is 14.0. The molecule has 0 radical (unpaired) electrons. The van der Waals surface area contributed by atoms with Gasteiger partial charge < -0.3 is 4.42 Å². The predicted molar refractivity (Wildman–Crippen MR) is 73.3 cm³/mol. The Bertz CT molecular complexity index is 626. The molecular weight excluding hydrogens is 286 g/mol. The van der Waals surface area contributed by atoms with Crippen molar-refractivity contribution in [3.63, 3.8) is 0 Å². The molecule has 0 aliphatic heterocycles. The van der Waals surface area contributed by atoms with Crippen molar-refractivity contribution >= 4 is 21.8 Å². The number of nitrogens with zero attached hydrogens (tertiary/aromatic N) is 2. The minimum Gasteiger partial charge on any atom is -0.411 e. The maximum absolute atomic E-state index is 10.9. The molecule has 0 amide bonds. The van der Waals surface area contributed by atoms with Gasteiger partial charge in [-0.15, -0.1) is 10.2 Å². The Labute approximate surface area is 115 Å². The largest absolute Gasteiger partial charge is 0.411 e. The van der Waals surface area contributed by atoms with Crippen LogP contribution in [0, 0.1) is 0 Å². The van der Waals surface area contributed by atoms with E-state index in [1.54, 1.807) is 0 Å². The van der Waals surface area contributed by atoms with Crippen LogP contribution >= 0.6 is 11.8 Å². The molecular formula is C11H13N3O3S2. The van der Waals surface area contributed by atoms with Gasteiger partial charge in [0.2, 0.25) is 15.9 Å². The van der Waals surface area contributed by atoms with E-state index in [4.69, 9.17) is 4.42 Å². The van der Waals surface area contributed by atoms with Crippen LogP contribution in [0.1, 0.15) is 0 Å². The van der Waals surface area contributed by atoms with Crippen LogP contribution in [-0.2, 0) is 10.0 Å². The number of aromatic nitrogens is 2. The Balaban J connectivity index is 1.88. The summed E-state index contributed by atoms with van der Waals surface area (Å²) in [5.74, 6) is 0.989. The van der Waals surface area contributed by atoms with Crippen LogP contribution in [0.4, 0.5) is 0 Å². The van der Waals surface area contributed by atoms with Gasteiger partial charge in [-0.05, 0) is 12.1 Å². The van der Waals surface area contributed by atoms with Crippen molar-refractivity contribution in [2.75, 3.05) is 18.6 Å². The lowest BCUT2D eigenvalue weighted by molar-refractivity contribution is 0.466. The molecule has 0 aliphatic carbocycles. The van der Waals surface area contributed by atoms with Crippen LogP contribution in [0.3, 0.4) is 0 Å². The first-order chi connectivity index (χ1) is 9.04. The monoisotopic (exact) mass is 299 g/mol. The third-order valence-electron chi connectivity index (χ3n) is 2.12. The van der Waals surface area contributed by atoms with Crippen molar-refractivity contribution < 1.29 is 12.8 Å². The van der Waals surface area contributed by atoms with E-state index in [0.29, 0.717) is 23.4 Å². The standard InChI is InChI=1S/C11H13N3O3S2/c1-19(15,16)12-7-8-18-11-14-13-10(17-11)9-5-3-2-4-6-9/h2-6,12H,7-8H2,1H3. The molecule has 0 fully saturated rings. The van der Waals surface area contributed by atoms with E-state index < -0.39 is 10.0 Å². The van der Waals surface area contributed by atoms with Gasteiger partial charge in [0, 0.05) is 17.9 Å². The first-order valence-electron chi connectivity index (χ1n) is 5.51. The molecule has 1 aromatic carbocycles. The van der Waals surface area contributed by atoms with E-state index in [1.807, 2.05) is 30.3 Å². The van der Waals surface area contributed by atoms with Crippen molar-refractivity contribution in [1.29, 1.82) is 0 Å². The molecule has 0 unspecified atom stereocenters. The van der Waals surface area contributed by atoms with Crippen LogP contribution in [0.2, 0.25) is 0 Å². The van der Waals surface area contributed by atoms with E-state index in [9.17, 15) is 8.42 Å². The van der Waals surface area contributed by atoms with Crippen LogP contribution in [0.25, 0.3) is 11.5 Å². The quantitative estimate of drug-likeness (QED) is 0.640. The highest BCUT2D eigenvalue weighted by atomic mass is 32.2. The summed E-state index contributed by atoms with van der Waals surface area (Å²) in [7, 11) is -3.15. The molecule has 0 bridgehead atoms. The summed E-state index contributed by atoms with van der Waals surface area (Å²) in [5, 5.41) is 8.26. The fourth-order valence-electron chi connectivity index (χ4n) is 1.33. The van der Waals surface area contributed by atoms with Gasteiger partial charge in [-0.2, -0.15) is 0 Å². The molecule has 2 rings (SSSR count). The summed E-state index contributed by atoms with van der Waals surface area (Å²) in [6, 6.07) is 9.46. The zero-order valence-corrected chi connectivity index (χ0v) is 11.9. The second-order valence-corrected chi connectivity index (χ2v) is 6.63. The molecule has 0 saturated heterocycles. The van der Waals surface area contributed by atoms with Gasteiger partial charge in [-0.1, -0.05) is 30.0 Å². The fourth-order valence-corrected chi connectivity index (χ4v) is 2.55. The van der Waals surface area contributed by atoms with Gasteiger partial charge in [0.1, 0.15) is 0 Å². The summed E-state index contributed by atoms with van der Waals surface area (Å²) < 4.78 is 29.6. The maximum atomic E-state index is 10.9. The molecule has 0 spiro atoms. The topological polar surface area (TPSA) is 85.1 Å². The van der Waals surface area contributed by atoms with Crippen LogP contribution in [-0.4, -0.2) is 37.2 Å². The van der Waals surface area contributed by atoms with E-state index >= 15 is 0 Å². The maximum Gasteiger partial charge on any atom is 0.276 e. The zero-order valence-electron chi connectivity index (χ0n) is 10.2. The third kappa shape index (κ3) is 4.66. The Kier molecular flexibility index (Phi) is 4.56. The Morgan fingerprint density at radius 3 is 2.68 bits per heavy atom. The number of rotatable bonds is 6. The number of benzene rings is 1. The van der Waals surface area contributed by atoms with Crippen molar-refractivity contribution in [3.05, 3.63) is 30.3 Å². The van der Waals surface area contributed by atoms with E-state index in [-0.39, 0.29) is 0 Å². The summed E-state index contributed by atoms with van der Waals surface area (Å²) in [5.41, 5.74) is 0.858. The van der Waals surface area contributed by atoms with Crippen LogP contribution in [0.15, 0.2) is 40.0 Å². The number of hydrogen-bond acceptors (Lipinski definition) is 6. The predicted octanol–water partition coefficient (Wildman–Crippen LogP) is 1.38. The van der Waals surface area contributed by atoms with Gasteiger partial charge >= 0.3 is 0 Å². The highest BCUT2D eigenvalue weighted by molar-refractivity contribution is 7.99. The van der Waals surface area contributed by atoms with E-state index in [1.165, 1.54) is 11.8 Å². The minimum atomic E-state index is -3.15. The number of thioether (sulfide) groups is 1. The highest BCUT2D eigenvalue weighted by Gasteiger charge is 2.08. The highest BCUT2D eigenvalue weighted by Crippen LogP contribution is 2.22. The van der Waals surface area contributed by atoms with Crippen molar-refractivity contribution in [2.45, 2.75) is 5.22 Å². The van der Waals surface area contributed by atoms with Crippen LogP contribution < -0.4 is 4.72 Å². The second kappa shape index (κ2) is 6.18. The smallest absolute Gasteiger partial charge is 0.276 e.